The number of hydrogen-bond donors (Lipinski definition) is 1. The number of ether oxygens (including phenoxy) is 2. The molecule has 5 nitrogen and oxygen atoms in total. The van der Waals surface area contributed by atoms with Gasteiger partial charge in [0, 0.05) is 24.2 Å². The maximum absolute atomic E-state index is 12.2. The molecule has 0 spiro atoms. The second kappa shape index (κ2) is 12.2. The molecule has 0 heterocycles. The summed E-state index contributed by atoms with van der Waals surface area (Å²) < 4.78 is 11.2. The fourth-order valence-electron chi connectivity index (χ4n) is 4.85. The normalized spacial score (nSPS) is 12.6. The van der Waals surface area contributed by atoms with E-state index in [1.54, 1.807) is 14.2 Å². The zero-order valence-corrected chi connectivity index (χ0v) is 21.5. The summed E-state index contributed by atoms with van der Waals surface area (Å²) in [6.07, 6.45) is -0.0251. The fourth-order valence-corrected chi connectivity index (χ4v) is 4.85. The van der Waals surface area contributed by atoms with Crippen LogP contribution in [0.25, 0.3) is 11.1 Å². The summed E-state index contributed by atoms with van der Waals surface area (Å²) >= 11 is 0. The van der Waals surface area contributed by atoms with Crippen LogP contribution in [-0.2, 0) is 11.3 Å². The quantitative estimate of drug-likeness (QED) is 0.239. The van der Waals surface area contributed by atoms with Gasteiger partial charge in [-0.1, -0.05) is 91.0 Å². The molecule has 5 heteroatoms. The number of carboxylic acids is 1. The van der Waals surface area contributed by atoms with E-state index in [0.717, 1.165) is 27.8 Å². The minimum absolute atomic E-state index is 0.0132. The summed E-state index contributed by atoms with van der Waals surface area (Å²) in [6.45, 7) is 2.75. The van der Waals surface area contributed by atoms with E-state index in [-0.39, 0.29) is 18.5 Å². The van der Waals surface area contributed by atoms with E-state index in [2.05, 4.69) is 42.2 Å². The summed E-state index contributed by atoms with van der Waals surface area (Å²) in [7, 11) is 3.24. The highest BCUT2D eigenvalue weighted by Gasteiger charge is 2.29. The van der Waals surface area contributed by atoms with Crippen LogP contribution in [0, 0.1) is 0 Å². The number of hydrogen-bond acceptors (Lipinski definition) is 4. The van der Waals surface area contributed by atoms with Gasteiger partial charge in [-0.3, -0.25) is 9.69 Å². The van der Waals surface area contributed by atoms with Crippen molar-refractivity contribution < 1.29 is 19.4 Å². The van der Waals surface area contributed by atoms with Crippen LogP contribution < -0.4 is 9.47 Å². The number of carbonyl (C=O) groups is 1. The predicted molar refractivity (Wildman–Crippen MR) is 147 cm³/mol. The molecule has 190 valence electrons. The Morgan fingerprint density at radius 3 is 2.11 bits per heavy atom. The molecule has 0 unspecified atom stereocenters. The first kappa shape index (κ1) is 26.0. The molecule has 2 atom stereocenters. The maximum Gasteiger partial charge on any atom is 0.305 e. The van der Waals surface area contributed by atoms with Crippen molar-refractivity contribution in [2.24, 2.45) is 0 Å². The lowest BCUT2D eigenvalue weighted by molar-refractivity contribution is -0.138. The lowest BCUT2D eigenvalue weighted by atomic mass is 9.93. The van der Waals surface area contributed by atoms with Gasteiger partial charge in [0.2, 0.25) is 0 Å². The molecule has 0 aromatic heterocycles. The van der Waals surface area contributed by atoms with Crippen LogP contribution in [0.2, 0.25) is 0 Å². The Bertz CT molecular complexity index is 1310. The number of para-hydroxylation sites is 1. The number of rotatable bonds is 11. The van der Waals surface area contributed by atoms with Crippen LogP contribution >= 0.6 is 0 Å². The number of methoxy groups -OCH3 is 2. The molecule has 4 aromatic carbocycles. The van der Waals surface area contributed by atoms with Gasteiger partial charge in [0.1, 0.15) is 0 Å². The molecule has 0 amide bonds. The van der Waals surface area contributed by atoms with Gasteiger partial charge in [-0.2, -0.15) is 0 Å². The van der Waals surface area contributed by atoms with E-state index in [1.165, 1.54) is 0 Å². The first-order chi connectivity index (χ1) is 18.0. The van der Waals surface area contributed by atoms with Crippen LogP contribution in [0.15, 0.2) is 103 Å². The lowest BCUT2D eigenvalue weighted by Gasteiger charge is -2.37. The molecule has 0 bridgehead atoms. The molecule has 4 aromatic rings. The zero-order valence-electron chi connectivity index (χ0n) is 21.5. The van der Waals surface area contributed by atoms with Gasteiger partial charge in [-0.05, 0) is 41.3 Å². The van der Waals surface area contributed by atoms with Crippen molar-refractivity contribution in [2.75, 3.05) is 14.2 Å². The molecule has 0 radical (unpaired) electrons. The van der Waals surface area contributed by atoms with E-state index in [9.17, 15) is 9.90 Å². The largest absolute Gasteiger partial charge is 0.493 e. The second-order valence-corrected chi connectivity index (χ2v) is 9.02. The van der Waals surface area contributed by atoms with Gasteiger partial charge in [-0.25, -0.2) is 0 Å². The average molecular weight is 496 g/mol. The molecule has 0 saturated carbocycles. The van der Waals surface area contributed by atoms with Gasteiger partial charge < -0.3 is 14.6 Å². The Hall–Kier alpha value is -4.09. The smallest absolute Gasteiger partial charge is 0.305 e. The first-order valence-electron chi connectivity index (χ1n) is 12.4. The van der Waals surface area contributed by atoms with Gasteiger partial charge >= 0.3 is 5.97 Å². The van der Waals surface area contributed by atoms with Crippen LogP contribution in [0.1, 0.15) is 42.1 Å². The van der Waals surface area contributed by atoms with E-state index >= 15 is 0 Å². The highest BCUT2D eigenvalue weighted by atomic mass is 16.5. The molecule has 37 heavy (non-hydrogen) atoms. The minimum atomic E-state index is -0.840. The molecule has 0 aliphatic rings. The zero-order chi connectivity index (χ0) is 26.2. The highest BCUT2D eigenvalue weighted by Crippen LogP contribution is 2.40. The summed E-state index contributed by atoms with van der Waals surface area (Å²) in [5, 5.41) is 9.99. The molecule has 0 fully saturated rings. The van der Waals surface area contributed by atoms with Crippen molar-refractivity contribution in [1.29, 1.82) is 0 Å². The Kier molecular flexibility index (Phi) is 8.60. The third kappa shape index (κ3) is 6.19. The Balaban J connectivity index is 1.81. The van der Waals surface area contributed by atoms with E-state index in [0.29, 0.717) is 18.0 Å². The third-order valence-electron chi connectivity index (χ3n) is 6.74. The number of benzene rings is 4. The molecular weight excluding hydrogens is 462 g/mol. The van der Waals surface area contributed by atoms with Gasteiger partial charge in [-0.15, -0.1) is 0 Å². The van der Waals surface area contributed by atoms with Gasteiger partial charge in [0.25, 0.3) is 0 Å². The second-order valence-electron chi connectivity index (χ2n) is 9.02. The van der Waals surface area contributed by atoms with Gasteiger partial charge in [0.15, 0.2) is 11.5 Å². The maximum atomic E-state index is 12.2. The van der Waals surface area contributed by atoms with Crippen molar-refractivity contribution in [3.8, 4) is 22.6 Å². The van der Waals surface area contributed by atoms with E-state index in [4.69, 9.17) is 9.47 Å². The van der Waals surface area contributed by atoms with Crippen LogP contribution in [0.5, 0.6) is 11.5 Å². The molecule has 0 saturated heterocycles. The third-order valence-corrected chi connectivity index (χ3v) is 6.74. The minimum Gasteiger partial charge on any atom is -0.493 e. The highest BCUT2D eigenvalue weighted by molar-refractivity contribution is 5.75. The molecule has 1 N–H and O–H groups in total. The van der Waals surface area contributed by atoms with E-state index in [1.807, 2.05) is 72.8 Å². The monoisotopic (exact) mass is 495 g/mol. The topological polar surface area (TPSA) is 59.0 Å². The average Bonchev–Trinajstić information content (AvgIpc) is 2.95. The van der Waals surface area contributed by atoms with Crippen molar-refractivity contribution in [2.45, 2.75) is 32.0 Å². The predicted octanol–water partition coefficient (Wildman–Crippen LogP) is 7.15. The number of carboxylic acid groups (broad SMARTS) is 1. The Morgan fingerprint density at radius 2 is 1.46 bits per heavy atom. The van der Waals surface area contributed by atoms with Crippen LogP contribution in [0.3, 0.4) is 0 Å². The van der Waals surface area contributed by atoms with Gasteiger partial charge in [0.05, 0.1) is 20.6 Å². The van der Waals surface area contributed by atoms with Crippen molar-refractivity contribution in [3.05, 3.63) is 120 Å². The van der Waals surface area contributed by atoms with Crippen molar-refractivity contribution >= 4 is 5.97 Å². The summed E-state index contributed by atoms with van der Waals surface area (Å²) in [5.74, 6) is 0.458. The number of aliphatic carboxylic acids is 1. The Labute approximate surface area is 218 Å². The van der Waals surface area contributed by atoms with Crippen molar-refractivity contribution in [1.82, 2.24) is 4.90 Å². The molecule has 0 aliphatic heterocycles. The lowest BCUT2D eigenvalue weighted by Crippen LogP contribution is -2.32. The summed E-state index contributed by atoms with van der Waals surface area (Å²) in [6, 6.07) is 33.9. The van der Waals surface area contributed by atoms with Crippen LogP contribution in [0.4, 0.5) is 0 Å². The Morgan fingerprint density at radius 1 is 0.811 bits per heavy atom. The van der Waals surface area contributed by atoms with Crippen LogP contribution in [-0.4, -0.2) is 30.2 Å². The van der Waals surface area contributed by atoms with E-state index < -0.39 is 5.97 Å². The molecule has 0 aliphatic carbocycles. The summed E-state index contributed by atoms with van der Waals surface area (Å²) in [5.41, 5.74) is 5.04. The summed E-state index contributed by atoms with van der Waals surface area (Å²) in [4.78, 5) is 14.5. The standard InChI is InChI=1S/C32H33NO4/c1-23(25-14-8-5-9-15-25)33(22-24-12-6-4-7-13-24)29(21-31(34)35)27-17-10-16-26(20-27)28-18-11-19-30(36-2)32(28)37-3/h4-20,23,29H,21-22H2,1-3H3,(H,34,35)/t23-,29+/m1/s1. The molecular formula is C32H33NO4. The SMILES string of the molecule is COc1cccc(-c2cccc([C@H](CC(=O)O)N(Cc3ccccc3)[C@H](C)c3ccccc3)c2)c1OC. The molecule has 4 rings (SSSR count). The fraction of sp³-hybridized carbons (Fsp3) is 0.219. The first-order valence-corrected chi connectivity index (χ1v) is 12.4. The number of nitrogens with zero attached hydrogens (tertiary/aromatic N) is 1. The van der Waals surface area contributed by atoms with Crippen molar-refractivity contribution in [3.63, 3.8) is 0 Å².